The first kappa shape index (κ1) is 31.4. The summed E-state index contributed by atoms with van der Waals surface area (Å²) >= 11 is 0. The van der Waals surface area contributed by atoms with Gasteiger partial charge in [0.2, 0.25) is 11.5 Å². The first-order valence-electron chi connectivity index (χ1n) is 14.6. The van der Waals surface area contributed by atoms with Gasteiger partial charge in [-0.05, 0) is 67.6 Å². The lowest BCUT2D eigenvalue weighted by molar-refractivity contribution is -0.155. The maximum Gasteiger partial charge on any atom is 0.417 e. The number of fused-ring (bicyclic) bond motifs is 2. The van der Waals surface area contributed by atoms with Crippen LogP contribution in [0.3, 0.4) is 0 Å². The van der Waals surface area contributed by atoms with Gasteiger partial charge in [0.05, 0.1) is 28.7 Å². The predicted octanol–water partition coefficient (Wildman–Crippen LogP) is 5.69. The van der Waals surface area contributed by atoms with Crippen LogP contribution in [-0.2, 0) is 27.4 Å². The summed E-state index contributed by atoms with van der Waals surface area (Å²) in [5, 5.41) is 2.89. The van der Waals surface area contributed by atoms with Crippen molar-refractivity contribution in [3.8, 4) is 5.75 Å². The lowest BCUT2D eigenvalue weighted by Crippen LogP contribution is -2.63. The smallest absolute Gasteiger partial charge is 0.417 e. The van der Waals surface area contributed by atoms with Crippen LogP contribution < -0.4 is 10.1 Å². The van der Waals surface area contributed by atoms with Crippen molar-refractivity contribution in [1.29, 1.82) is 0 Å². The molecule has 1 atom stereocenters. The van der Waals surface area contributed by atoms with Crippen LogP contribution in [0, 0.1) is 0 Å². The fourth-order valence-electron chi connectivity index (χ4n) is 6.67. The molecule has 3 aromatic rings. The summed E-state index contributed by atoms with van der Waals surface area (Å²) in [5.41, 5.74) is -3.97. The van der Waals surface area contributed by atoms with Gasteiger partial charge in [-0.3, -0.25) is 19.4 Å². The number of pyridine rings is 1. The number of nitrogens with zero attached hydrogens (tertiary/aromatic N) is 3. The summed E-state index contributed by atoms with van der Waals surface area (Å²) in [6.07, 6.45) is -6.96. The van der Waals surface area contributed by atoms with Gasteiger partial charge < -0.3 is 19.9 Å². The molecule has 3 aliphatic rings. The van der Waals surface area contributed by atoms with Gasteiger partial charge >= 0.3 is 12.4 Å². The lowest BCUT2D eigenvalue weighted by atomic mass is 9.73. The molecule has 1 aromatic heterocycles. The highest BCUT2D eigenvalue weighted by atomic mass is 19.4. The van der Waals surface area contributed by atoms with Crippen LogP contribution in [0.4, 0.5) is 32.0 Å². The molecule has 2 fully saturated rings. The van der Waals surface area contributed by atoms with Crippen molar-refractivity contribution in [2.24, 2.45) is 0 Å². The quantitative estimate of drug-likeness (QED) is 0.368. The zero-order valence-corrected chi connectivity index (χ0v) is 24.3. The van der Waals surface area contributed by atoms with Crippen molar-refractivity contribution < 1.29 is 45.5 Å². The first-order valence-corrected chi connectivity index (χ1v) is 14.6. The molecule has 4 heterocycles. The van der Waals surface area contributed by atoms with Crippen molar-refractivity contribution in [3.05, 3.63) is 89.2 Å². The summed E-state index contributed by atoms with van der Waals surface area (Å²) < 4.78 is 87.1. The molecule has 0 bridgehead atoms. The van der Waals surface area contributed by atoms with E-state index in [4.69, 9.17) is 4.74 Å². The normalized spacial score (nSPS) is 21.1. The van der Waals surface area contributed by atoms with E-state index in [1.165, 1.54) is 4.90 Å². The molecule has 46 heavy (non-hydrogen) atoms. The van der Waals surface area contributed by atoms with Crippen LogP contribution in [0.15, 0.2) is 67.0 Å². The second-order valence-corrected chi connectivity index (χ2v) is 11.7. The Bertz CT molecular complexity index is 1670. The number of rotatable bonds is 4. The summed E-state index contributed by atoms with van der Waals surface area (Å²) in [7, 11) is 0. The van der Waals surface area contributed by atoms with E-state index in [-0.39, 0.29) is 57.0 Å². The van der Waals surface area contributed by atoms with Crippen LogP contribution in [0.25, 0.3) is 0 Å². The number of alkyl halides is 6. The number of piperidine rings is 2. The Morgan fingerprint density at radius 3 is 2.22 bits per heavy atom. The summed E-state index contributed by atoms with van der Waals surface area (Å²) in [6, 6.07) is 11.7. The number of carbonyl (C=O) groups excluding carboxylic acids is 3. The predicted molar refractivity (Wildman–Crippen MR) is 152 cm³/mol. The number of benzene rings is 2. The standard InChI is InChI=1S/C32H28F6N4O4/c33-31(34,35)20-6-8-21(9-7-20)46-30(11-3-15-42(19-30)26(43)22-18-39-14-10-23(22)32(36,37)38)28(45)41-16-12-29(13-17-41)24-4-1-2-5-25(24)40-27(29)44/h1-2,4-10,14,18H,3,11-13,15-17,19H2,(H,40,44). The van der Waals surface area contributed by atoms with Gasteiger partial charge in [-0.1, -0.05) is 18.2 Å². The number of nitrogens with one attached hydrogen (secondary N) is 1. The van der Waals surface area contributed by atoms with E-state index >= 15 is 0 Å². The van der Waals surface area contributed by atoms with Crippen molar-refractivity contribution in [1.82, 2.24) is 14.8 Å². The van der Waals surface area contributed by atoms with E-state index in [9.17, 15) is 40.7 Å². The van der Waals surface area contributed by atoms with Gasteiger partial charge in [-0.25, -0.2) is 0 Å². The van der Waals surface area contributed by atoms with E-state index in [2.05, 4.69) is 10.3 Å². The van der Waals surface area contributed by atoms with Gasteiger partial charge in [0.15, 0.2) is 0 Å². The number of anilines is 1. The molecule has 8 nitrogen and oxygen atoms in total. The number of hydrogen-bond acceptors (Lipinski definition) is 5. The van der Waals surface area contributed by atoms with Crippen molar-refractivity contribution >= 4 is 23.4 Å². The highest BCUT2D eigenvalue weighted by Gasteiger charge is 2.53. The second kappa shape index (κ2) is 11.3. The molecular weight excluding hydrogens is 618 g/mol. The Balaban J connectivity index is 1.30. The minimum Gasteiger partial charge on any atom is -0.476 e. The maximum atomic E-state index is 14.4. The van der Waals surface area contributed by atoms with Crippen LogP contribution in [-0.4, -0.2) is 64.3 Å². The number of amides is 3. The van der Waals surface area contributed by atoms with E-state index < -0.39 is 58.4 Å². The zero-order chi connectivity index (χ0) is 32.9. The van der Waals surface area contributed by atoms with Gasteiger partial charge in [-0.15, -0.1) is 0 Å². The molecule has 1 unspecified atom stereocenters. The molecule has 242 valence electrons. The molecule has 14 heteroatoms. The third kappa shape index (κ3) is 5.53. The fourth-order valence-corrected chi connectivity index (χ4v) is 6.67. The Morgan fingerprint density at radius 1 is 0.848 bits per heavy atom. The average Bonchev–Trinajstić information content (AvgIpc) is 3.30. The minimum atomic E-state index is -4.84. The fraction of sp³-hybridized carbons (Fsp3) is 0.375. The monoisotopic (exact) mass is 646 g/mol. The van der Waals surface area contributed by atoms with Crippen molar-refractivity contribution in [2.45, 2.75) is 49.1 Å². The number of ether oxygens (including phenoxy) is 1. The van der Waals surface area contributed by atoms with Crippen molar-refractivity contribution in [2.75, 3.05) is 31.5 Å². The molecule has 6 rings (SSSR count). The molecule has 0 radical (unpaired) electrons. The largest absolute Gasteiger partial charge is 0.476 e. The van der Waals surface area contributed by atoms with Crippen LogP contribution in [0.1, 0.15) is 52.7 Å². The van der Waals surface area contributed by atoms with Gasteiger partial charge in [-0.2, -0.15) is 26.3 Å². The third-order valence-electron chi connectivity index (χ3n) is 9.01. The maximum absolute atomic E-state index is 14.4. The molecule has 2 aromatic carbocycles. The van der Waals surface area contributed by atoms with Gasteiger partial charge in [0.25, 0.3) is 11.8 Å². The SMILES string of the molecule is O=C(c1cnccc1C(F)(F)F)N1CCCC(Oc2ccc(C(F)(F)F)cc2)(C(=O)N2CCC3(CC2)C(=O)Nc2ccccc23)C1. The van der Waals surface area contributed by atoms with Crippen LogP contribution >= 0.6 is 0 Å². The summed E-state index contributed by atoms with van der Waals surface area (Å²) in [4.78, 5) is 47.2. The average molecular weight is 647 g/mol. The Kier molecular flexibility index (Phi) is 7.72. The van der Waals surface area contributed by atoms with Gasteiger partial charge in [0, 0.05) is 37.7 Å². The van der Waals surface area contributed by atoms with Crippen LogP contribution in [0.2, 0.25) is 0 Å². The molecule has 2 saturated heterocycles. The Hall–Kier alpha value is -4.62. The molecule has 3 aliphatic heterocycles. The highest BCUT2D eigenvalue weighted by Crippen LogP contribution is 2.45. The minimum absolute atomic E-state index is 0.0104. The molecule has 0 aliphatic carbocycles. The third-order valence-corrected chi connectivity index (χ3v) is 9.01. The number of carbonyl (C=O) groups is 3. The number of likely N-dealkylation sites (tertiary alicyclic amines) is 2. The van der Waals surface area contributed by atoms with E-state index in [1.54, 1.807) is 12.1 Å². The zero-order valence-electron chi connectivity index (χ0n) is 24.3. The van der Waals surface area contributed by atoms with E-state index in [0.717, 1.165) is 47.1 Å². The van der Waals surface area contributed by atoms with Crippen LogP contribution in [0.5, 0.6) is 5.75 Å². The first-order chi connectivity index (χ1) is 21.7. The number of hydrogen-bond donors (Lipinski definition) is 1. The number of aromatic nitrogens is 1. The number of halogens is 6. The molecule has 3 amide bonds. The Morgan fingerprint density at radius 2 is 1.54 bits per heavy atom. The lowest BCUT2D eigenvalue weighted by Gasteiger charge is -2.46. The Labute approximate surface area is 259 Å². The molecule has 1 N–H and O–H groups in total. The molecular formula is C32H28F6N4O4. The van der Waals surface area contributed by atoms with Gasteiger partial charge in [0.1, 0.15) is 5.75 Å². The van der Waals surface area contributed by atoms with E-state index in [0.29, 0.717) is 11.8 Å². The number of para-hydroxylation sites is 1. The van der Waals surface area contributed by atoms with E-state index in [1.807, 2.05) is 12.1 Å². The highest BCUT2D eigenvalue weighted by molar-refractivity contribution is 6.06. The summed E-state index contributed by atoms with van der Waals surface area (Å²) in [5.74, 6) is -1.84. The second-order valence-electron chi connectivity index (χ2n) is 11.7. The van der Waals surface area contributed by atoms with Crippen molar-refractivity contribution in [3.63, 3.8) is 0 Å². The summed E-state index contributed by atoms with van der Waals surface area (Å²) in [6.45, 7) is -0.180. The topological polar surface area (TPSA) is 91.8 Å². The molecule has 1 spiro atoms. The molecule has 0 saturated carbocycles.